The first-order chi connectivity index (χ1) is 16.7. The van der Waals surface area contributed by atoms with E-state index >= 15 is 4.39 Å². The van der Waals surface area contributed by atoms with Crippen molar-refractivity contribution in [2.75, 3.05) is 23.8 Å². The number of nitrogens with one attached hydrogen (secondary N) is 3. The fourth-order valence-corrected chi connectivity index (χ4v) is 4.98. The van der Waals surface area contributed by atoms with Gasteiger partial charge in [-0.15, -0.1) is 0 Å². The third-order valence-electron chi connectivity index (χ3n) is 6.89. The normalized spacial score (nSPS) is 17.0. The lowest BCUT2D eigenvalue weighted by Gasteiger charge is -2.25. The van der Waals surface area contributed by atoms with Gasteiger partial charge in [0.2, 0.25) is 0 Å². The predicted octanol–water partition coefficient (Wildman–Crippen LogP) is 6.26. The first-order valence-electron chi connectivity index (χ1n) is 13.0. The van der Waals surface area contributed by atoms with E-state index in [0.29, 0.717) is 49.5 Å². The van der Waals surface area contributed by atoms with Gasteiger partial charge in [0.25, 0.3) is 5.91 Å². The van der Waals surface area contributed by atoms with E-state index in [0.717, 1.165) is 36.9 Å². The van der Waals surface area contributed by atoms with E-state index < -0.39 is 0 Å². The van der Waals surface area contributed by atoms with Crippen LogP contribution < -0.4 is 16.0 Å². The van der Waals surface area contributed by atoms with Gasteiger partial charge in [0.1, 0.15) is 5.82 Å². The third-order valence-corrected chi connectivity index (χ3v) is 6.89. The van der Waals surface area contributed by atoms with Crippen LogP contribution in [-0.4, -0.2) is 31.1 Å². The standard InChI is InChI=1S/C28H38FN3O2/c29-25-18-24(28(33)30-16-9-17-34-20-21-10-3-1-4-11-21)26(31-22-14-7-8-15-22)19-27(25)32-23-12-5-2-6-13-23/h1,3-4,10-11,18-19,22-23,31-32H,2,5-9,12-17,20H2,(H,30,33). The molecule has 34 heavy (non-hydrogen) atoms. The van der Waals surface area contributed by atoms with Crippen molar-refractivity contribution in [2.45, 2.75) is 82.9 Å². The highest BCUT2D eigenvalue weighted by atomic mass is 19.1. The SMILES string of the molecule is O=C(NCCCOCc1ccccc1)c1cc(F)c(NC2CCCCC2)cc1NC1CCCC1. The summed E-state index contributed by atoms with van der Waals surface area (Å²) in [4.78, 5) is 13.0. The summed E-state index contributed by atoms with van der Waals surface area (Å²) in [7, 11) is 0. The van der Waals surface area contributed by atoms with Crippen LogP contribution in [0.2, 0.25) is 0 Å². The summed E-state index contributed by atoms with van der Waals surface area (Å²) in [5, 5.41) is 9.87. The zero-order chi connectivity index (χ0) is 23.6. The molecule has 0 saturated heterocycles. The summed E-state index contributed by atoms with van der Waals surface area (Å²) in [5.41, 5.74) is 2.73. The average molecular weight is 468 g/mol. The Morgan fingerprint density at radius 3 is 2.24 bits per heavy atom. The van der Waals surface area contributed by atoms with Crippen LogP contribution in [0.15, 0.2) is 42.5 Å². The summed E-state index contributed by atoms with van der Waals surface area (Å²) < 4.78 is 20.7. The monoisotopic (exact) mass is 467 g/mol. The van der Waals surface area contributed by atoms with E-state index in [2.05, 4.69) is 16.0 Å². The Labute approximate surface area is 202 Å². The first kappa shape index (κ1) is 24.5. The van der Waals surface area contributed by atoms with Gasteiger partial charge in [0, 0.05) is 30.9 Å². The molecule has 2 aliphatic rings. The molecule has 2 aromatic carbocycles. The van der Waals surface area contributed by atoms with Gasteiger partial charge in [-0.3, -0.25) is 4.79 Å². The van der Waals surface area contributed by atoms with Crippen molar-refractivity contribution in [3.63, 3.8) is 0 Å². The second kappa shape index (κ2) is 12.7. The van der Waals surface area contributed by atoms with Crippen LogP contribution in [0.3, 0.4) is 0 Å². The fraction of sp³-hybridized carbons (Fsp3) is 0.536. The molecule has 2 saturated carbocycles. The molecule has 3 N–H and O–H groups in total. The molecule has 0 bridgehead atoms. The van der Waals surface area contributed by atoms with Crippen molar-refractivity contribution >= 4 is 17.3 Å². The van der Waals surface area contributed by atoms with E-state index in [9.17, 15) is 4.79 Å². The van der Waals surface area contributed by atoms with Crippen molar-refractivity contribution in [1.82, 2.24) is 5.32 Å². The lowest BCUT2D eigenvalue weighted by molar-refractivity contribution is 0.0935. The molecule has 2 aliphatic carbocycles. The van der Waals surface area contributed by atoms with Crippen LogP contribution >= 0.6 is 0 Å². The minimum atomic E-state index is -0.362. The number of amides is 1. The number of benzene rings is 2. The Morgan fingerprint density at radius 1 is 0.882 bits per heavy atom. The highest BCUT2D eigenvalue weighted by Crippen LogP contribution is 2.31. The molecule has 0 radical (unpaired) electrons. The minimum absolute atomic E-state index is 0.244. The van der Waals surface area contributed by atoms with Crippen molar-refractivity contribution < 1.29 is 13.9 Å². The Hall–Kier alpha value is -2.60. The lowest BCUT2D eigenvalue weighted by Crippen LogP contribution is -2.28. The van der Waals surface area contributed by atoms with Crippen LogP contribution in [-0.2, 0) is 11.3 Å². The maximum atomic E-state index is 15.0. The molecule has 0 spiro atoms. The molecular formula is C28H38FN3O2. The van der Waals surface area contributed by atoms with Gasteiger partial charge in [-0.1, -0.05) is 62.4 Å². The zero-order valence-electron chi connectivity index (χ0n) is 20.1. The summed E-state index contributed by atoms with van der Waals surface area (Å²) in [6.07, 6.45) is 11.0. The van der Waals surface area contributed by atoms with Crippen LogP contribution in [0.1, 0.15) is 80.1 Å². The molecule has 2 aromatic rings. The van der Waals surface area contributed by atoms with Crippen LogP contribution in [0.4, 0.5) is 15.8 Å². The van der Waals surface area contributed by atoms with E-state index in [4.69, 9.17) is 4.74 Å². The van der Waals surface area contributed by atoms with E-state index in [1.165, 1.54) is 38.2 Å². The molecule has 0 unspecified atom stereocenters. The summed E-state index contributed by atoms with van der Waals surface area (Å²) >= 11 is 0. The lowest BCUT2D eigenvalue weighted by atomic mass is 9.95. The first-order valence-corrected chi connectivity index (χ1v) is 13.0. The largest absolute Gasteiger partial charge is 0.382 e. The second-order valence-electron chi connectivity index (χ2n) is 9.63. The van der Waals surface area contributed by atoms with Gasteiger partial charge in [-0.25, -0.2) is 4.39 Å². The Bertz CT molecular complexity index is 909. The third kappa shape index (κ3) is 7.20. The summed E-state index contributed by atoms with van der Waals surface area (Å²) in [6, 6.07) is 13.9. The molecule has 0 heterocycles. The minimum Gasteiger partial charge on any atom is -0.382 e. The molecule has 0 aliphatic heterocycles. The number of hydrogen-bond acceptors (Lipinski definition) is 4. The molecule has 184 valence electrons. The number of halogens is 1. The maximum Gasteiger partial charge on any atom is 0.253 e. The van der Waals surface area contributed by atoms with E-state index in [1.54, 1.807) is 6.07 Å². The van der Waals surface area contributed by atoms with Gasteiger partial charge >= 0.3 is 0 Å². The molecule has 6 heteroatoms. The zero-order valence-corrected chi connectivity index (χ0v) is 20.1. The van der Waals surface area contributed by atoms with Gasteiger partial charge in [0.15, 0.2) is 0 Å². The van der Waals surface area contributed by atoms with Crippen LogP contribution in [0.25, 0.3) is 0 Å². The molecule has 0 aromatic heterocycles. The number of anilines is 2. The van der Waals surface area contributed by atoms with Crippen molar-refractivity contribution in [1.29, 1.82) is 0 Å². The van der Waals surface area contributed by atoms with Gasteiger partial charge < -0.3 is 20.7 Å². The number of carbonyl (C=O) groups excluding carboxylic acids is 1. The summed E-state index contributed by atoms with van der Waals surface area (Å²) in [5.74, 6) is -0.606. The van der Waals surface area contributed by atoms with E-state index in [-0.39, 0.29) is 11.7 Å². The van der Waals surface area contributed by atoms with E-state index in [1.807, 2.05) is 30.3 Å². The van der Waals surface area contributed by atoms with Crippen LogP contribution in [0, 0.1) is 5.82 Å². The second-order valence-corrected chi connectivity index (χ2v) is 9.63. The number of hydrogen-bond donors (Lipinski definition) is 3. The van der Waals surface area contributed by atoms with Crippen LogP contribution in [0.5, 0.6) is 0 Å². The highest BCUT2D eigenvalue weighted by Gasteiger charge is 2.22. The van der Waals surface area contributed by atoms with Crippen molar-refractivity contribution in [3.05, 3.63) is 59.4 Å². The quantitative estimate of drug-likeness (QED) is 0.341. The molecule has 0 atom stereocenters. The van der Waals surface area contributed by atoms with Crippen molar-refractivity contribution in [3.8, 4) is 0 Å². The number of rotatable bonds is 11. The molecule has 4 rings (SSSR count). The average Bonchev–Trinajstić information content (AvgIpc) is 3.37. The van der Waals surface area contributed by atoms with Crippen molar-refractivity contribution in [2.24, 2.45) is 0 Å². The summed E-state index contributed by atoms with van der Waals surface area (Å²) in [6.45, 7) is 1.60. The smallest absolute Gasteiger partial charge is 0.253 e. The molecular weight excluding hydrogens is 429 g/mol. The van der Waals surface area contributed by atoms with Gasteiger partial charge in [0.05, 0.1) is 17.9 Å². The Kier molecular flexibility index (Phi) is 9.19. The van der Waals surface area contributed by atoms with Gasteiger partial charge in [-0.05, 0) is 49.8 Å². The number of carbonyl (C=O) groups is 1. The Morgan fingerprint density at radius 2 is 1.53 bits per heavy atom. The highest BCUT2D eigenvalue weighted by molar-refractivity contribution is 6.00. The molecule has 2 fully saturated rings. The fourth-order valence-electron chi connectivity index (χ4n) is 4.98. The number of ether oxygens (including phenoxy) is 1. The Balaban J connectivity index is 1.34. The predicted molar refractivity (Wildman–Crippen MR) is 136 cm³/mol. The topological polar surface area (TPSA) is 62.4 Å². The molecule has 5 nitrogen and oxygen atoms in total. The van der Waals surface area contributed by atoms with Gasteiger partial charge in [-0.2, -0.15) is 0 Å². The maximum absolute atomic E-state index is 15.0. The molecule has 1 amide bonds.